The fourth-order valence-corrected chi connectivity index (χ4v) is 4.74. The van der Waals surface area contributed by atoms with Crippen LogP contribution in [0.1, 0.15) is 50.0 Å². The van der Waals surface area contributed by atoms with Crippen LogP contribution in [0.2, 0.25) is 0 Å². The van der Waals surface area contributed by atoms with Gasteiger partial charge in [0.15, 0.2) is 6.10 Å². The molecule has 28 heavy (non-hydrogen) atoms. The molecule has 1 aromatic carbocycles. The number of nitrogens with zero attached hydrogens (tertiary/aromatic N) is 4. The van der Waals surface area contributed by atoms with Crippen molar-refractivity contribution in [1.82, 2.24) is 19.6 Å². The third kappa shape index (κ3) is 2.35. The quantitative estimate of drug-likeness (QED) is 0.652. The van der Waals surface area contributed by atoms with Gasteiger partial charge >= 0.3 is 5.97 Å². The topological polar surface area (TPSA) is 79.0 Å². The van der Waals surface area contributed by atoms with Crippen LogP contribution in [0.25, 0.3) is 10.8 Å². The van der Waals surface area contributed by atoms with Crippen LogP contribution < -0.4 is 5.56 Å². The predicted molar refractivity (Wildman–Crippen MR) is 103 cm³/mol. The van der Waals surface area contributed by atoms with Gasteiger partial charge in [0.1, 0.15) is 5.69 Å². The zero-order valence-electron chi connectivity index (χ0n) is 16.0. The number of ether oxygens (including phenoxy) is 1. The molecule has 1 unspecified atom stereocenters. The lowest BCUT2D eigenvalue weighted by molar-refractivity contribution is -0.144. The molecular weight excluding hydrogens is 356 g/mol. The number of carbonyl (C=O) groups excluding carboxylic acids is 1. The number of hydrogen-bond donors (Lipinski definition) is 0. The number of aryl methyl sites for hydroxylation is 1. The van der Waals surface area contributed by atoms with E-state index in [9.17, 15) is 9.59 Å². The summed E-state index contributed by atoms with van der Waals surface area (Å²) in [6, 6.07) is 7.35. The minimum atomic E-state index is -0.697. The van der Waals surface area contributed by atoms with Crippen LogP contribution in [0.5, 0.6) is 0 Å². The molecule has 0 bridgehead atoms. The number of pyridine rings is 1. The Morgan fingerprint density at radius 3 is 2.68 bits per heavy atom. The lowest BCUT2D eigenvalue weighted by Crippen LogP contribution is -2.57. The van der Waals surface area contributed by atoms with Crippen LogP contribution in [0.3, 0.4) is 0 Å². The van der Waals surface area contributed by atoms with Gasteiger partial charge in [0.2, 0.25) is 0 Å². The molecular formula is C21H22N4O3. The van der Waals surface area contributed by atoms with E-state index in [1.54, 1.807) is 19.3 Å². The summed E-state index contributed by atoms with van der Waals surface area (Å²) in [6.07, 6.45) is 7.69. The first-order valence-electron chi connectivity index (χ1n) is 9.68. The highest BCUT2D eigenvalue weighted by molar-refractivity contribution is 5.85. The first-order chi connectivity index (χ1) is 13.5. The van der Waals surface area contributed by atoms with E-state index < -0.39 is 12.1 Å². The van der Waals surface area contributed by atoms with E-state index in [1.807, 2.05) is 29.1 Å². The van der Waals surface area contributed by atoms with Crippen LogP contribution >= 0.6 is 0 Å². The van der Waals surface area contributed by atoms with Gasteiger partial charge in [-0.25, -0.2) is 4.68 Å². The Kier molecular flexibility index (Phi) is 3.69. The maximum atomic E-state index is 12.5. The highest BCUT2D eigenvalue weighted by Gasteiger charge is 2.56. The number of rotatable bonds is 4. The maximum absolute atomic E-state index is 12.5. The summed E-state index contributed by atoms with van der Waals surface area (Å²) >= 11 is 0. The molecule has 7 heteroatoms. The Balaban J connectivity index is 1.62. The van der Waals surface area contributed by atoms with Crippen LogP contribution in [-0.2, 0) is 22.1 Å². The summed E-state index contributed by atoms with van der Waals surface area (Å²) in [5.74, 6) is 0.290. The molecule has 0 N–H and O–H groups in total. The van der Waals surface area contributed by atoms with Crippen molar-refractivity contribution in [1.29, 1.82) is 0 Å². The second-order valence-corrected chi connectivity index (χ2v) is 8.00. The molecule has 2 fully saturated rings. The van der Waals surface area contributed by atoms with Crippen molar-refractivity contribution in [2.45, 2.75) is 44.2 Å². The second kappa shape index (κ2) is 6.02. The summed E-state index contributed by atoms with van der Waals surface area (Å²) in [7, 11) is 1.72. The van der Waals surface area contributed by atoms with Crippen molar-refractivity contribution < 1.29 is 9.53 Å². The van der Waals surface area contributed by atoms with Crippen molar-refractivity contribution in [2.24, 2.45) is 13.0 Å². The Hall–Kier alpha value is -2.96. The Bertz CT molecular complexity index is 1140. The van der Waals surface area contributed by atoms with Crippen LogP contribution in [0.15, 0.2) is 41.5 Å². The zero-order chi connectivity index (χ0) is 19.5. The molecule has 1 atom stereocenters. The van der Waals surface area contributed by atoms with Gasteiger partial charge in [-0.3, -0.25) is 9.59 Å². The zero-order valence-corrected chi connectivity index (χ0v) is 16.0. The van der Waals surface area contributed by atoms with Crippen molar-refractivity contribution in [3.63, 3.8) is 0 Å². The highest BCUT2D eigenvalue weighted by Crippen LogP contribution is 2.58. The molecule has 144 valence electrons. The van der Waals surface area contributed by atoms with Gasteiger partial charge in [-0.1, -0.05) is 17.3 Å². The maximum Gasteiger partial charge on any atom is 0.303 e. The van der Waals surface area contributed by atoms with Gasteiger partial charge in [-0.05, 0) is 49.1 Å². The number of hydrogen-bond acceptors (Lipinski definition) is 5. The summed E-state index contributed by atoms with van der Waals surface area (Å²) in [5.41, 5.74) is 1.36. The van der Waals surface area contributed by atoms with Crippen molar-refractivity contribution in [3.8, 4) is 0 Å². The van der Waals surface area contributed by atoms with Crippen LogP contribution in [0.4, 0.5) is 0 Å². The molecule has 0 aliphatic heterocycles. The van der Waals surface area contributed by atoms with Gasteiger partial charge in [0.05, 0.1) is 11.7 Å². The Morgan fingerprint density at radius 2 is 2.04 bits per heavy atom. The number of fused-ring (bicyclic) bond motifs is 2. The molecule has 2 aliphatic carbocycles. The minimum Gasteiger partial charge on any atom is -0.451 e. The summed E-state index contributed by atoms with van der Waals surface area (Å²) in [6.45, 7) is 1.38. The fraction of sp³-hybridized carbons (Fsp3) is 0.429. The predicted octanol–water partition coefficient (Wildman–Crippen LogP) is 2.68. The van der Waals surface area contributed by atoms with Gasteiger partial charge in [-0.2, -0.15) is 0 Å². The molecule has 2 aliphatic rings. The average Bonchev–Trinajstić information content (AvgIpc) is 3.14. The van der Waals surface area contributed by atoms with Crippen molar-refractivity contribution in [2.75, 3.05) is 0 Å². The van der Waals surface area contributed by atoms with E-state index in [4.69, 9.17) is 4.74 Å². The first-order valence-corrected chi connectivity index (χ1v) is 9.68. The summed E-state index contributed by atoms with van der Waals surface area (Å²) < 4.78 is 9.17. The van der Waals surface area contributed by atoms with Crippen LogP contribution in [-0.4, -0.2) is 25.5 Å². The standard InChI is InChI=1S/C21H22N4O3/c1-13(26)28-19(16-4-3-5-17-15(16)8-11-24(2)20(17)27)18-12-25(23-22-18)21-9-6-14(21)7-10-21/h3-5,8,11-12,14,19H,6-7,9-10H2,1-2H3. The van der Waals surface area contributed by atoms with E-state index in [0.717, 1.165) is 23.8 Å². The lowest BCUT2D eigenvalue weighted by atomic mass is 9.53. The monoisotopic (exact) mass is 378 g/mol. The van der Waals surface area contributed by atoms with E-state index >= 15 is 0 Å². The fourth-order valence-electron chi connectivity index (χ4n) is 4.74. The molecule has 5 rings (SSSR count). The minimum absolute atomic E-state index is 0.0877. The molecule has 0 saturated heterocycles. The third-order valence-corrected chi connectivity index (χ3v) is 6.57. The molecule has 0 radical (unpaired) electrons. The van der Waals surface area contributed by atoms with Gasteiger partial charge < -0.3 is 9.30 Å². The molecule has 0 amide bonds. The van der Waals surface area contributed by atoms with E-state index in [2.05, 4.69) is 10.3 Å². The summed E-state index contributed by atoms with van der Waals surface area (Å²) in [5, 5.41) is 10.1. The normalized spacial score (nSPS) is 24.1. The molecule has 7 nitrogen and oxygen atoms in total. The Morgan fingerprint density at radius 1 is 1.25 bits per heavy atom. The van der Waals surface area contributed by atoms with Gasteiger partial charge in [0, 0.05) is 31.1 Å². The van der Waals surface area contributed by atoms with E-state index in [1.165, 1.54) is 24.3 Å². The lowest BCUT2D eigenvalue weighted by Gasteiger charge is -2.58. The van der Waals surface area contributed by atoms with Crippen molar-refractivity contribution >= 4 is 16.7 Å². The molecule has 2 aromatic heterocycles. The van der Waals surface area contributed by atoms with Gasteiger partial charge in [0.25, 0.3) is 5.56 Å². The van der Waals surface area contributed by atoms with E-state index in [0.29, 0.717) is 17.0 Å². The second-order valence-electron chi connectivity index (χ2n) is 8.00. The number of aromatic nitrogens is 4. The Labute approximate surface area is 161 Å². The number of benzene rings is 1. The molecule has 2 heterocycles. The average molecular weight is 378 g/mol. The van der Waals surface area contributed by atoms with Crippen LogP contribution in [0, 0.1) is 5.92 Å². The van der Waals surface area contributed by atoms with Crippen molar-refractivity contribution in [3.05, 3.63) is 58.3 Å². The summed E-state index contributed by atoms with van der Waals surface area (Å²) in [4.78, 5) is 24.4. The number of carbonyl (C=O) groups is 1. The number of esters is 1. The SMILES string of the molecule is CC(=O)OC(c1cn(C23CCC2CC3)nn1)c1cccc2c(=O)n(C)ccc12. The largest absolute Gasteiger partial charge is 0.451 e. The molecule has 3 aromatic rings. The third-order valence-electron chi connectivity index (χ3n) is 6.57. The van der Waals surface area contributed by atoms with Gasteiger partial charge in [-0.15, -0.1) is 5.10 Å². The smallest absolute Gasteiger partial charge is 0.303 e. The van der Waals surface area contributed by atoms with E-state index in [-0.39, 0.29) is 11.1 Å². The highest BCUT2D eigenvalue weighted by atomic mass is 16.5. The molecule has 2 saturated carbocycles. The molecule has 0 spiro atoms. The first kappa shape index (κ1) is 17.2.